The summed E-state index contributed by atoms with van der Waals surface area (Å²) in [5, 5.41) is 5.46. The molecule has 0 saturated carbocycles. The summed E-state index contributed by atoms with van der Waals surface area (Å²) >= 11 is 0. The fourth-order valence-electron chi connectivity index (χ4n) is 2.67. The van der Waals surface area contributed by atoms with E-state index in [1.165, 1.54) is 32.7 Å². The molecule has 3 aromatic carbocycles. The summed E-state index contributed by atoms with van der Waals surface area (Å²) < 4.78 is 0. The third kappa shape index (κ3) is 1.78. The zero-order valence-electron chi connectivity index (χ0n) is 11.0. The van der Waals surface area contributed by atoms with Crippen molar-refractivity contribution >= 4 is 21.5 Å². The van der Waals surface area contributed by atoms with Crippen molar-refractivity contribution in [2.75, 3.05) is 0 Å². The molecule has 0 aromatic heterocycles. The fraction of sp³-hybridized carbons (Fsp3) is 0.222. The molecule has 0 aliphatic rings. The van der Waals surface area contributed by atoms with Crippen LogP contribution in [0.4, 0.5) is 0 Å². The number of hydrogen-bond acceptors (Lipinski definition) is 0. The maximum atomic E-state index is 2.34. The molecule has 0 radical (unpaired) electrons. The molecule has 0 aliphatic carbocycles. The first kappa shape index (κ1) is 11.3. The normalized spacial score (nSPS) is 11.2. The smallest absolute Gasteiger partial charge is 0.0146 e. The highest BCUT2D eigenvalue weighted by Crippen LogP contribution is 2.26. The third-order valence-electron chi connectivity index (χ3n) is 3.78. The van der Waals surface area contributed by atoms with Crippen LogP contribution in [0.25, 0.3) is 21.5 Å². The van der Waals surface area contributed by atoms with Crippen LogP contribution in [-0.2, 0) is 12.8 Å². The van der Waals surface area contributed by atoms with Crippen LogP contribution >= 0.6 is 0 Å². The quantitative estimate of drug-likeness (QED) is 0.540. The highest BCUT2D eigenvalue weighted by atomic mass is 14.1. The zero-order chi connectivity index (χ0) is 12.5. The molecule has 3 aromatic rings. The van der Waals surface area contributed by atoms with Gasteiger partial charge >= 0.3 is 0 Å². The van der Waals surface area contributed by atoms with E-state index in [0.29, 0.717) is 0 Å². The minimum atomic E-state index is 1.09. The van der Waals surface area contributed by atoms with Crippen molar-refractivity contribution in [3.05, 3.63) is 59.7 Å². The van der Waals surface area contributed by atoms with E-state index in [1.807, 2.05) is 0 Å². The molecule has 0 atom stereocenters. The van der Waals surface area contributed by atoms with Gasteiger partial charge in [0.05, 0.1) is 0 Å². The summed E-state index contributed by atoms with van der Waals surface area (Å²) in [5.41, 5.74) is 2.85. The zero-order valence-corrected chi connectivity index (χ0v) is 11.0. The summed E-state index contributed by atoms with van der Waals surface area (Å²) in [4.78, 5) is 0. The second-order valence-electron chi connectivity index (χ2n) is 4.88. The van der Waals surface area contributed by atoms with Crippen LogP contribution < -0.4 is 0 Å². The molecule has 0 fully saturated rings. The standard InChI is InChI=1S/C18H18/c1-3-13-8-9-15-12-18-14(4-2)6-5-7-16(18)11-17(15)10-13/h5-12H,3-4H2,1-2H3. The first-order chi connectivity index (χ1) is 8.81. The Labute approximate surface area is 108 Å². The average molecular weight is 234 g/mol. The Morgan fingerprint density at radius 1 is 0.722 bits per heavy atom. The fourth-order valence-corrected chi connectivity index (χ4v) is 2.67. The number of rotatable bonds is 2. The van der Waals surface area contributed by atoms with Gasteiger partial charge in [-0.1, -0.05) is 50.2 Å². The second kappa shape index (κ2) is 4.45. The topological polar surface area (TPSA) is 0 Å². The lowest BCUT2D eigenvalue weighted by Gasteiger charge is -2.07. The Balaban J connectivity index is 2.35. The monoisotopic (exact) mass is 234 g/mol. The number of hydrogen-bond donors (Lipinski definition) is 0. The van der Waals surface area contributed by atoms with Gasteiger partial charge < -0.3 is 0 Å². The largest absolute Gasteiger partial charge is 0.0614 e. The van der Waals surface area contributed by atoms with Gasteiger partial charge in [-0.3, -0.25) is 0 Å². The molecule has 0 bridgehead atoms. The molecule has 0 heteroatoms. The van der Waals surface area contributed by atoms with Crippen LogP contribution in [0.1, 0.15) is 25.0 Å². The molecule has 0 amide bonds. The van der Waals surface area contributed by atoms with Crippen molar-refractivity contribution < 1.29 is 0 Å². The molecule has 0 saturated heterocycles. The molecule has 0 N–H and O–H groups in total. The molecule has 0 unspecified atom stereocenters. The molecule has 0 heterocycles. The van der Waals surface area contributed by atoms with Crippen LogP contribution in [0, 0.1) is 0 Å². The Bertz CT molecular complexity index is 707. The van der Waals surface area contributed by atoms with E-state index in [1.54, 1.807) is 0 Å². The van der Waals surface area contributed by atoms with E-state index >= 15 is 0 Å². The predicted octanol–water partition coefficient (Wildman–Crippen LogP) is 5.12. The van der Waals surface area contributed by atoms with Crippen LogP contribution in [0.3, 0.4) is 0 Å². The van der Waals surface area contributed by atoms with E-state index in [0.717, 1.165) is 12.8 Å². The van der Waals surface area contributed by atoms with E-state index in [2.05, 4.69) is 62.4 Å². The van der Waals surface area contributed by atoms with Crippen molar-refractivity contribution in [2.24, 2.45) is 0 Å². The molecule has 0 nitrogen and oxygen atoms in total. The number of fused-ring (bicyclic) bond motifs is 2. The molecule has 90 valence electrons. The number of benzene rings is 3. The molecule has 0 aliphatic heterocycles. The van der Waals surface area contributed by atoms with Gasteiger partial charge in [0.15, 0.2) is 0 Å². The van der Waals surface area contributed by atoms with Gasteiger partial charge in [0.1, 0.15) is 0 Å². The molecule has 0 spiro atoms. The summed E-state index contributed by atoms with van der Waals surface area (Å²) in [6.07, 6.45) is 2.19. The van der Waals surface area contributed by atoms with Crippen molar-refractivity contribution in [3.8, 4) is 0 Å². The average Bonchev–Trinajstić information content (AvgIpc) is 2.43. The Hall–Kier alpha value is -1.82. The SMILES string of the molecule is CCc1ccc2cc3c(CC)cccc3cc2c1. The lowest BCUT2D eigenvalue weighted by atomic mass is 9.97. The maximum Gasteiger partial charge on any atom is -0.0146 e. The molecule has 18 heavy (non-hydrogen) atoms. The minimum Gasteiger partial charge on any atom is -0.0614 e. The first-order valence-corrected chi connectivity index (χ1v) is 6.76. The van der Waals surface area contributed by atoms with Gasteiger partial charge in [-0.25, -0.2) is 0 Å². The van der Waals surface area contributed by atoms with E-state index in [-0.39, 0.29) is 0 Å². The maximum absolute atomic E-state index is 2.34. The Kier molecular flexibility index (Phi) is 2.79. The lowest BCUT2D eigenvalue weighted by Crippen LogP contribution is -1.85. The van der Waals surface area contributed by atoms with Gasteiger partial charge in [0.2, 0.25) is 0 Å². The Morgan fingerprint density at radius 2 is 1.61 bits per heavy atom. The third-order valence-corrected chi connectivity index (χ3v) is 3.78. The van der Waals surface area contributed by atoms with Crippen molar-refractivity contribution in [1.29, 1.82) is 0 Å². The van der Waals surface area contributed by atoms with Gasteiger partial charge in [0.25, 0.3) is 0 Å². The first-order valence-electron chi connectivity index (χ1n) is 6.76. The van der Waals surface area contributed by atoms with Crippen LogP contribution in [-0.4, -0.2) is 0 Å². The Morgan fingerprint density at radius 3 is 2.39 bits per heavy atom. The highest BCUT2D eigenvalue weighted by Gasteiger charge is 2.02. The number of aryl methyl sites for hydroxylation is 2. The van der Waals surface area contributed by atoms with E-state index in [9.17, 15) is 0 Å². The summed E-state index contributed by atoms with van der Waals surface area (Å²) in [6.45, 7) is 4.43. The van der Waals surface area contributed by atoms with Crippen LogP contribution in [0.5, 0.6) is 0 Å². The van der Waals surface area contributed by atoms with E-state index < -0.39 is 0 Å². The van der Waals surface area contributed by atoms with Gasteiger partial charge in [-0.05, 0) is 57.6 Å². The van der Waals surface area contributed by atoms with Crippen molar-refractivity contribution in [3.63, 3.8) is 0 Å². The van der Waals surface area contributed by atoms with Crippen molar-refractivity contribution in [2.45, 2.75) is 26.7 Å². The van der Waals surface area contributed by atoms with Crippen molar-refractivity contribution in [1.82, 2.24) is 0 Å². The molecular formula is C18H18. The van der Waals surface area contributed by atoms with Crippen LogP contribution in [0.15, 0.2) is 48.5 Å². The van der Waals surface area contributed by atoms with Gasteiger partial charge in [-0.15, -0.1) is 0 Å². The minimum absolute atomic E-state index is 1.09. The van der Waals surface area contributed by atoms with Gasteiger partial charge in [-0.2, -0.15) is 0 Å². The lowest BCUT2D eigenvalue weighted by molar-refractivity contribution is 1.15. The summed E-state index contributed by atoms with van der Waals surface area (Å²) in [6, 6.07) is 18.1. The second-order valence-corrected chi connectivity index (χ2v) is 4.88. The van der Waals surface area contributed by atoms with E-state index in [4.69, 9.17) is 0 Å². The van der Waals surface area contributed by atoms with Crippen LogP contribution in [0.2, 0.25) is 0 Å². The molecular weight excluding hydrogens is 216 g/mol. The molecule has 3 rings (SSSR count). The summed E-state index contributed by atoms with van der Waals surface area (Å²) in [7, 11) is 0. The highest BCUT2D eigenvalue weighted by molar-refractivity contribution is 5.99. The predicted molar refractivity (Wildman–Crippen MR) is 80.2 cm³/mol. The summed E-state index contributed by atoms with van der Waals surface area (Å²) in [5.74, 6) is 0. The van der Waals surface area contributed by atoms with Gasteiger partial charge in [0, 0.05) is 0 Å².